The normalized spacial score (nSPS) is 10.5. The minimum atomic E-state index is 0.288. The Bertz CT molecular complexity index is 566. The van der Waals surface area contributed by atoms with E-state index < -0.39 is 0 Å². The van der Waals surface area contributed by atoms with Crippen molar-refractivity contribution >= 4 is 46.4 Å². The SMILES string of the molecule is ClCc1cc(Cl)cc(Cl)c1OCc1ccc(Cl)cc1. The Morgan fingerprint density at radius 3 is 2.21 bits per heavy atom. The van der Waals surface area contributed by atoms with Crippen LogP contribution in [-0.4, -0.2) is 0 Å². The van der Waals surface area contributed by atoms with Crippen molar-refractivity contribution in [2.75, 3.05) is 0 Å². The largest absolute Gasteiger partial charge is 0.487 e. The highest BCUT2D eigenvalue weighted by atomic mass is 35.5. The third-order valence-electron chi connectivity index (χ3n) is 2.53. The molecular formula is C14H10Cl4O. The molecule has 2 rings (SSSR count). The maximum Gasteiger partial charge on any atom is 0.142 e. The Hall–Kier alpha value is -0.600. The van der Waals surface area contributed by atoms with Crippen molar-refractivity contribution in [1.82, 2.24) is 0 Å². The Kier molecular flexibility index (Phi) is 5.23. The van der Waals surface area contributed by atoms with Crippen LogP contribution in [0.2, 0.25) is 15.1 Å². The molecule has 0 saturated heterocycles. The van der Waals surface area contributed by atoms with Crippen LogP contribution in [0.4, 0.5) is 0 Å². The van der Waals surface area contributed by atoms with Crippen LogP contribution in [-0.2, 0) is 12.5 Å². The molecule has 0 atom stereocenters. The van der Waals surface area contributed by atoms with E-state index in [2.05, 4.69) is 0 Å². The van der Waals surface area contributed by atoms with E-state index in [1.165, 1.54) is 0 Å². The standard InChI is InChI=1S/C14H10Cl4O/c15-7-10-5-12(17)6-13(18)14(10)19-8-9-1-3-11(16)4-2-9/h1-6H,7-8H2. The molecule has 0 aliphatic heterocycles. The van der Waals surface area contributed by atoms with Gasteiger partial charge in [-0.25, -0.2) is 0 Å². The summed E-state index contributed by atoms with van der Waals surface area (Å²) in [7, 11) is 0. The topological polar surface area (TPSA) is 9.23 Å². The summed E-state index contributed by atoms with van der Waals surface area (Å²) in [5.41, 5.74) is 1.77. The number of hydrogen-bond acceptors (Lipinski definition) is 1. The maximum atomic E-state index is 6.12. The lowest BCUT2D eigenvalue weighted by atomic mass is 10.2. The molecule has 0 aliphatic rings. The van der Waals surface area contributed by atoms with Gasteiger partial charge in [0.25, 0.3) is 0 Å². The first kappa shape index (κ1) is 14.8. The van der Waals surface area contributed by atoms with Gasteiger partial charge in [-0.15, -0.1) is 11.6 Å². The van der Waals surface area contributed by atoms with Crippen LogP contribution >= 0.6 is 46.4 Å². The van der Waals surface area contributed by atoms with E-state index in [0.717, 1.165) is 11.1 Å². The summed E-state index contributed by atoms with van der Waals surface area (Å²) in [6.07, 6.45) is 0. The quantitative estimate of drug-likeness (QED) is 0.626. The van der Waals surface area contributed by atoms with E-state index in [-0.39, 0.29) is 5.88 Å². The fourth-order valence-corrected chi connectivity index (χ4v) is 2.53. The van der Waals surface area contributed by atoms with Gasteiger partial charge in [0.15, 0.2) is 0 Å². The molecule has 0 fully saturated rings. The molecule has 2 aromatic carbocycles. The van der Waals surface area contributed by atoms with Crippen molar-refractivity contribution in [2.45, 2.75) is 12.5 Å². The smallest absolute Gasteiger partial charge is 0.142 e. The first-order valence-corrected chi connectivity index (χ1v) is 7.18. The van der Waals surface area contributed by atoms with Crippen molar-refractivity contribution in [3.63, 3.8) is 0 Å². The molecule has 1 nitrogen and oxygen atoms in total. The summed E-state index contributed by atoms with van der Waals surface area (Å²) in [5, 5.41) is 1.69. The van der Waals surface area contributed by atoms with Crippen LogP contribution < -0.4 is 4.74 Å². The van der Waals surface area contributed by atoms with E-state index in [1.54, 1.807) is 12.1 Å². The highest BCUT2D eigenvalue weighted by molar-refractivity contribution is 6.36. The fourth-order valence-electron chi connectivity index (χ4n) is 1.61. The lowest BCUT2D eigenvalue weighted by molar-refractivity contribution is 0.304. The van der Waals surface area contributed by atoms with Gasteiger partial charge in [-0.05, 0) is 29.8 Å². The molecule has 0 bridgehead atoms. The van der Waals surface area contributed by atoms with E-state index >= 15 is 0 Å². The zero-order valence-electron chi connectivity index (χ0n) is 9.80. The number of alkyl halides is 1. The molecule has 5 heteroatoms. The van der Waals surface area contributed by atoms with Crippen molar-refractivity contribution in [3.8, 4) is 5.75 Å². The molecule has 0 aliphatic carbocycles. The molecule has 0 heterocycles. The Morgan fingerprint density at radius 2 is 1.58 bits per heavy atom. The van der Waals surface area contributed by atoms with Crippen LogP contribution in [0.25, 0.3) is 0 Å². The number of hydrogen-bond donors (Lipinski definition) is 0. The Labute approximate surface area is 132 Å². The third kappa shape index (κ3) is 3.93. The van der Waals surface area contributed by atoms with Crippen molar-refractivity contribution < 1.29 is 4.74 Å². The first-order valence-electron chi connectivity index (χ1n) is 5.51. The molecule has 19 heavy (non-hydrogen) atoms. The van der Waals surface area contributed by atoms with Gasteiger partial charge in [0.2, 0.25) is 0 Å². The van der Waals surface area contributed by atoms with Crippen LogP contribution in [0.15, 0.2) is 36.4 Å². The summed E-state index contributed by atoms with van der Waals surface area (Å²) in [6, 6.07) is 10.8. The van der Waals surface area contributed by atoms with Gasteiger partial charge in [0.1, 0.15) is 12.4 Å². The number of ether oxygens (including phenoxy) is 1. The van der Waals surface area contributed by atoms with Gasteiger partial charge in [-0.1, -0.05) is 46.9 Å². The summed E-state index contributed by atoms with van der Waals surface area (Å²) in [5.74, 6) is 0.854. The fraction of sp³-hybridized carbons (Fsp3) is 0.143. The molecule has 100 valence electrons. The van der Waals surface area contributed by atoms with Crippen molar-refractivity contribution in [3.05, 3.63) is 62.6 Å². The van der Waals surface area contributed by atoms with E-state index in [0.29, 0.717) is 27.4 Å². The molecule has 0 unspecified atom stereocenters. The molecule has 0 N–H and O–H groups in total. The van der Waals surface area contributed by atoms with Crippen molar-refractivity contribution in [2.24, 2.45) is 0 Å². The highest BCUT2D eigenvalue weighted by Gasteiger charge is 2.10. The predicted molar refractivity (Wildman–Crippen MR) is 81.8 cm³/mol. The van der Waals surface area contributed by atoms with Crippen LogP contribution in [0.1, 0.15) is 11.1 Å². The van der Waals surface area contributed by atoms with Crippen molar-refractivity contribution in [1.29, 1.82) is 0 Å². The lowest BCUT2D eigenvalue weighted by Gasteiger charge is -2.12. The van der Waals surface area contributed by atoms with Crippen LogP contribution in [0, 0.1) is 0 Å². The monoisotopic (exact) mass is 334 g/mol. The zero-order valence-corrected chi connectivity index (χ0v) is 12.8. The minimum absolute atomic E-state index is 0.288. The predicted octanol–water partition coefficient (Wildman–Crippen LogP) is 5.96. The van der Waals surface area contributed by atoms with Gasteiger partial charge >= 0.3 is 0 Å². The van der Waals surface area contributed by atoms with Gasteiger partial charge < -0.3 is 4.74 Å². The number of benzene rings is 2. The van der Waals surface area contributed by atoms with E-state index in [1.807, 2.05) is 24.3 Å². The molecule has 0 spiro atoms. The first-order chi connectivity index (χ1) is 9.10. The lowest BCUT2D eigenvalue weighted by Crippen LogP contribution is -1.98. The van der Waals surface area contributed by atoms with E-state index in [9.17, 15) is 0 Å². The third-order valence-corrected chi connectivity index (χ3v) is 3.56. The average molecular weight is 336 g/mol. The zero-order chi connectivity index (χ0) is 13.8. The Morgan fingerprint density at radius 1 is 0.895 bits per heavy atom. The summed E-state index contributed by atoms with van der Waals surface area (Å²) < 4.78 is 5.72. The van der Waals surface area contributed by atoms with Crippen LogP contribution in [0.5, 0.6) is 5.75 Å². The minimum Gasteiger partial charge on any atom is -0.487 e. The maximum absolute atomic E-state index is 6.12. The summed E-state index contributed by atoms with van der Waals surface area (Å²) in [6.45, 7) is 0.391. The van der Waals surface area contributed by atoms with Gasteiger partial charge in [0, 0.05) is 15.6 Å². The molecule has 0 saturated carbocycles. The van der Waals surface area contributed by atoms with Gasteiger partial charge in [-0.2, -0.15) is 0 Å². The highest BCUT2D eigenvalue weighted by Crippen LogP contribution is 2.34. The molecule has 0 aromatic heterocycles. The van der Waals surface area contributed by atoms with E-state index in [4.69, 9.17) is 51.1 Å². The summed E-state index contributed by atoms with van der Waals surface area (Å²) in [4.78, 5) is 0. The summed E-state index contributed by atoms with van der Waals surface area (Å²) >= 11 is 23.7. The van der Waals surface area contributed by atoms with Gasteiger partial charge in [-0.3, -0.25) is 0 Å². The molecule has 0 amide bonds. The molecule has 0 radical (unpaired) electrons. The van der Waals surface area contributed by atoms with Gasteiger partial charge in [0.05, 0.1) is 10.9 Å². The second-order valence-electron chi connectivity index (χ2n) is 3.92. The number of rotatable bonds is 4. The average Bonchev–Trinajstić information content (AvgIpc) is 2.39. The number of halogens is 4. The molecular weight excluding hydrogens is 326 g/mol. The second-order valence-corrected chi connectivity index (χ2v) is 5.47. The second kappa shape index (κ2) is 6.71. The molecule has 2 aromatic rings. The van der Waals surface area contributed by atoms with Crippen LogP contribution in [0.3, 0.4) is 0 Å². The Balaban J connectivity index is 2.17.